The molecule has 0 amide bonds. The molecule has 0 N–H and O–H groups in total. The smallest absolute Gasteiger partial charge is 0.128 e. The van der Waals surface area contributed by atoms with Crippen LogP contribution in [0.3, 0.4) is 0 Å². The molecule has 0 saturated heterocycles. The van der Waals surface area contributed by atoms with Crippen LogP contribution in [0.5, 0.6) is 0 Å². The van der Waals surface area contributed by atoms with Gasteiger partial charge in [0, 0.05) is 13.0 Å². The van der Waals surface area contributed by atoms with Gasteiger partial charge in [-0.1, -0.05) is 32.4 Å². The van der Waals surface area contributed by atoms with Crippen molar-refractivity contribution in [2.45, 2.75) is 40.7 Å². The predicted molar refractivity (Wildman–Crippen MR) is 56.1 cm³/mol. The molecule has 0 atom stereocenters. The van der Waals surface area contributed by atoms with Crippen molar-refractivity contribution in [2.24, 2.45) is 5.41 Å². The van der Waals surface area contributed by atoms with E-state index in [4.69, 9.17) is 11.6 Å². The standard InChI is InChI=1S/C10H17ClN2/c1-5-13-8(11)7-12-9(13)6-10(2,3)4/h7H,5-6H2,1-4H3. The third-order valence-electron chi connectivity index (χ3n) is 1.89. The first kappa shape index (κ1) is 10.6. The first-order valence-corrected chi connectivity index (χ1v) is 5.02. The molecule has 0 spiro atoms. The topological polar surface area (TPSA) is 17.8 Å². The fourth-order valence-electron chi connectivity index (χ4n) is 1.34. The molecule has 0 radical (unpaired) electrons. The monoisotopic (exact) mass is 200 g/mol. The summed E-state index contributed by atoms with van der Waals surface area (Å²) in [6.45, 7) is 9.59. The molecule has 1 aromatic rings. The molecule has 0 bridgehead atoms. The summed E-state index contributed by atoms with van der Waals surface area (Å²) in [7, 11) is 0. The minimum absolute atomic E-state index is 0.265. The lowest BCUT2D eigenvalue weighted by Gasteiger charge is -2.18. The summed E-state index contributed by atoms with van der Waals surface area (Å²) in [4.78, 5) is 4.30. The molecule has 0 aliphatic rings. The normalized spacial score (nSPS) is 12.1. The maximum Gasteiger partial charge on any atom is 0.128 e. The third-order valence-corrected chi connectivity index (χ3v) is 2.20. The third kappa shape index (κ3) is 2.73. The number of hydrogen-bond donors (Lipinski definition) is 0. The van der Waals surface area contributed by atoms with Gasteiger partial charge >= 0.3 is 0 Å². The van der Waals surface area contributed by atoms with Crippen LogP contribution >= 0.6 is 11.6 Å². The number of rotatable bonds is 2. The summed E-state index contributed by atoms with van der Waals surface area (Å²) in [5.74, 6) is 1.08. The number of hydrogen-bond acceptors (Lipinski definition) is 1. The van der Waals surface area contributed by atoms with Crippen LogP contribution in [0.25, 0.3) is 0 Å². The molecular formula is C10H17ClN2. The fraction of sp³-hybridized carbons (Fsp3) is 0.700. The van der Waals surface area contributed by atoms with Crippen LogP contribution in [-0.4, -0.2) is 9.55 Å². The second kappa shape index (κ2) is 3.70. The highest BCUT2D eigenvalue weighted by atomic mass is 35.5. The zero-order valence-electron chi connectivity index (χ0n) is 8.76. The number of halogens is 1. The molecule has 0 unspecified atom stereocenters. The van der Waals surface area contributed by atoms with Gasteiger partial charge < -0.3 is 4.57 Å². The first-order valence-electron chi connectivity index (χ1n) is 4.64. The Bertz CT molecular complexity index is 284. The number of imidazole rings is 1. The van der Waals surface area contributed by atoms with Gasteiger partial charge in [-0.25, -0.2) is 4.98 Å². The van der Waals surface area contributed by atoms with E-state index in [1.165, 1.54) is 0 Å². The lowest BCUT2D eigenvalue weighted by molar-refractivity contribution is 0.393. The van der Waals surface area contributed by atoms with Crippen LogP contribution in [0.1, 0.15) is 33.5 Å². The lowest BCUT2D eigenvalue weighted by Crippen LogP contribution is -2.14. The Morgan fingerprint density at radius 3 is 2.54 bits per heavy atom. The van der Waals surface area contributed by atoms with Gasteiger partial charge in [0.05, 0.1) is 6.20 Å². The van der Waals surface area contributed by atoms with Crippen LogP contribution in [-0.2, 0) is 13.0 Å². The maximum absolute atomic E-state index is 5.97. The van der Waals surface area contributed by atoms with Crippen molar-refractivity contribution in [3.8, 4) is 0 Å². The summed E-state index contributed by atoms with van der Waals surface area (Å²) >= 11 is 5.97. The molecule has 3 heteroatoms. The molecule has 1 aromatic heterocycles. The van der Waals surface area contributed by atoms with Gasteiger partial charge in [0.1, 0.15) is 11.0 Å². The van der Waals surface area contributed by atoms with Crippen molar-refractivity contribution >= 4 is 11.6 Å². The van der Waals surface area contributed by atoms with Crippen LogP contribution in [0.2, 0.25) is 5.15 Å². The summed E-state index contributed by atoms with van der Waals surface area (Å²) in [6, 6.07) is 0. The van der Waals surface area contributed by atoms with E-state index in [0.29, 0.717) is 0 Å². The largest absolute Gasteiger partial charge is 0.319 e. The summed E-state index contributed by atoms with van der Waals surface area (Å²) in [5, 5.41) is 0.738. The fourth-order valence-corrected chi connectivity index (χ4v) is 1.61. The van der Waals surface area contributed by atoms with Gasteiger partial charge in [0.25, 0.3) is 0 Å². The summed E-state index contributed by atoms with van der Waals surface area (Å²) in [5.41, 5.74) is 0.265. The van der Waals surface area contributed by atoms with E-state index in [0.717, 1.165) is 23.9 Å². The van der Waals surface area contributed by atoms with Gasteiger partial charge in [-0.3, -0.25) is 0 Å². The molecule has 0 aliphatic carbocycles. The minimum atomic E-state index is 0.265. The molecule has 0 aromatic carbocycles. The molecule has 74 valence electrons. The summed E-state index contributed by atoms with van der Waals surface area (Å²) < 4.78 is 2.05. The Hall–Kier alpha value is -0.500. The number of aromatic nitrogens is 2. The molecular weight excluding hydrogens is 184 g/mol. The average molecular weight is 201 g/mol. The Morgan fingerprint density at radius 1 is 1.46 bits per heavy atom. The second-order valence-electron chi connectivity index (χ2n) is 4.48. The van der Waals surface area contributed by atoms with Gasteiger partial charge in [-0.05, 0) is 12.3 Å². The molecule has 1 heterocycles. The quantitative estimate of drug-likeness (QED) is 0.717. The van der Waals surface area contributed by atoms with E-state index in [2.05, 4.69) is 32.7 Å². The van der Waals surface area contributed by atoms with Crippen molar-refractivity contribution in [3.05, 3.63) is 17.2 Å². The second-order valence-corrected chi connectivity index (χ2v) is 4.87. The zero-order valence-corrected chi connectivity index (χ0v) is 9.52. The molecule has 2 nitrogen and oxygen atoms in total. The van der Waals surface area contributed by atoms with E-state index < -0.39 is 0 Å². The van der Waals surface area contributed by atoms with Crippen LogP contribution in [0.4, 0.5) is 0 Å². The van der Waals surface area contributed by atoms with E-state index in [1.807, 2.05) is 4.57 Å². The Labute approximate surface area is 84.9 Å². The Morgan fingerprint density at radius 2 is 2.08 bits per heavy atom. The van der Waals surface area contributed by atoms with Crippen molar-refractivity contribution in [1.29, 1.82) is 0 Å². The van der Waals surface area contributed by atoms with E-state index in [9.17, 15) is 0 Å². The van der Waals surface area contributed by atoms with Crippen molar-refractivity contribution < 1.29 is 0 Å². The zero-order chi connectivity index (χ0) is 10.1. The highest BCUT2D eigenvalue weighted by molar-refractivity contribution is 6.29. The number of nitrogens with zero attached hydrogens (tertiary/aromatic N) is 2. The molecule has 0 fully saturated rings. The molecule has 1 rings (SSSR count). The van der Waals surface area contributed by atoms with Crippen molar-refractivity contribution in [1.82, 2.24) is 9.55 Å². The van der Waals surface area contributed by atoms with Gasteiger partial charge in [-0.2, -0.15) is 0 Å². The predicted octanol–water partition coefficient (Wildman–Crippen LogP) is 3.15. The van der Waals surface area contributed by atoms with E-state index in [-0.39, 0.29) is 5.41 Å². The molecule has 0 saturated carbocycles. The molecule has 0 aliphatic heterocycles. The SMILES string of the molecule is CCn1c(Cl)cnc1CC(C)(C)C. The van der Waals surface area contributed by atoms with Crippen molar-refractivity contribution in [2.75, 3.05) is 0 Å². The van der Waals surface area contributed by atoms with Gasteiger partial charge in [-0.15, -0.1) is 0 Å². The molecule has 13 heavy (non-hydrogen) atoms. The summed E-state index contributed by atoms with van der Waals surface area (Å²) in [6.07, 6.45) is 2.69. The first-order chi connectivity index (χ1) is 5.94. The van der Waals surface area contributed by atoms with Crippen LogP contribution < -0.4 is 0 Å². The van der Waals surface area contributed by atoms with Crippen molar-refractivity contribution in [3.63, 3.8) is 0 Å². The van der Waals surface area contributed by atoms with E-state index >= 15 is 0 Å². The van der Waals surface area contributed by atoms with Gasteiger partial charge in [0.2, 0.25) is 0 Å². The maximum atomic E-state index is 5.97. The van der Waals surface area contributed by atoms with Crippen LogP contribution in [0.15, 0.2) is 6.20 Å². The highest BCUT2D eigenvalue weighted by Gasteiger charge is 2.16. The van der Waals surface area contributed by atoms with Gasteiger partial charge in [0.15, 0.2) is 0 Å². The van der Waals surface area contributed by atoms with E-state index in [1.54, 1.807) is 6.20 Å². The Kier molecular flexibility index (Phi) is 3.01. The minimum Gasteiger partial charge on any atom is -0.319 e. The Balaban J connectivity index is 2.89. The van der Waals surface area contributed by atoms with Crippen LogP contribution in [0, 0.1) is 5.41 Å². The average Bonchev–Trinajstić information content (AvgIpc) is 2.28. The lowest BCUT2D eigenvalue weighted by atomic mass is 9.92. The highest BCUT2D eigenvalue weighted by Crippen LogP contribution is 2.22.